The molecule has 0 amide bonds. The zero-order valence-electron chi connectivity index (χ0n) is 42.4. The largest absolute Gasteiger partial charge is 0.456 e. The van der Waals surface area contributed by atoms with Gasteiger partial charge in [0.25, 0.3) is 0 Å². The van der Waals surface area contributed by atoms with Crippen molar-refractivity contribution >= 4 is 60.8 Å². The van der Waals surface area contributed by atoms with Crippen LogP contribution in [-0.2, 0) is 10.8 Å². The van der Waals surface area contributed by atoms with Crippen molar-refractivity contribution in [1.29, 1.82) is 0 Å². The molecule has 3 nitrogen and oxygen atoms in total. The third-order valence-corrected chi connectivity index (χ3v) is 16.8. The van der Waals surface area contributed by atoms with Gasteiger partial charge in [-0.25, -0.2) is 0 Å². The van der Waals surface area contributed by atoms with Crippen LogP contribution in [0.2, 0.25) is 0 Å². The van der Waals surface area contributed by atoms with E-state index in [0.717, 1.165) is 55.8 Å². The number of fused-ring (bicyclic) bond motifs is 12. The highest BCUT2D eigenvalue weighted by molar-refractivity contribution is 6.15. The summed E-state index contributed by atoms with van der Waals surface area (Å²) < 4.78 is 9.16. The van der Waals surface area contributed by atoms with Crippen LogP contribution in [0.3, 0.4) is 0 Å². The summed E-state index contributed by atoms with van der Waals surface area (Å²) in [6, 6.07) is 89.4. The van der Waals surface area contributed by atoms with Crippen molar-refractivity contribution in [2.24, 2.45) is 0 Å². The van der Waals surface area contributed by atoms with Gasteiger partial charge >= 0.3 is 0 Å². The fraction of sp³-hybridized carbons (Fsp3) is 0.0833. The molecule has 0 fully saturated rings. The first-order valence-corrected chi connectivity index (χ1v) is 26.2. The lowest BCUT2D eigenvalue weighted by Gasteiger charge is -2.27. The minimum Gasteiger partial charge on any atom is -0.456 e. The van der Waals surface area contributed by atoms with Gasteiger partial charge < -0.3 is 13.9 Å². The van der Waals surface area contributed by atoms with Crippen molar-refractivity contribution in [3.05, 3.63) is 265 Å². The van der Waals surface area contributed by atoms with Crippen molar-refractivity contribution in [2.45, 2.75) is 38.5 Å². The molecule has 0 bridgehead atoms. The van der Waals surface area contributed by atoms with Gasteiger partial charge in [0, 0.05) is 44.1 Å². The lowest BCUT2D eigenvalue weighted by atomic mass is 9.82. The molecule has 0 N–H and O–H groups in total. The maximum atomic E-state index is 6.79. The van der Waals surface area contributed by atoms with Crippen molar-refractivity contribution in [3.8, 4) is 61.3 Å². The predicted octanol–water partition coefficient (Wildman–Crippen LogP) is 19.8. The highest BCUT2D eigenvalue weighted by Crippen LogP contribution is 2.54. The summed E-state index contributed by atoms with van der Waals surface area (Å²) in [6.45, 7) is 9.41. The summed E-state index contributed by atoms with van der Waals surface area (Å²) in [6.07, 6.45) is 0. The van der Waals surface area contributed by atoms with Crippen LogP contribution >= 0.6 is 0 Å². The molecule has 2 aliphatic carbocycles. The molecular weight excluding hydrogens is 909 g/mol. The predicted molar refractivity (Wildman–Crippen MR) is 314 cm³/mol. The number of hydrogen-bond donors (Lipinski definition) is 0. The molecule has 0 saturated carbocycles. The van der Waals surface area contributed by atoms with Crippen LogP contribution in [0.5, 0.6) is 0 Å². The van der Waals surface area contributed by atoms with E-state index in [1.165, 1.54) is 88.6 Å². The van der Waals surface area contributed by atoms with Gasteiger partial charge in [-0.3, -0.25) is 0 Å². The molecular formula is C72H52N2O. The Morgan fingerprint density at radius 2 is 0.827 bits per heavy atom. The molecule has 2 aliphatic rings. The lowest BCUT2D eigenvalue weighted by molar-refractivity contribution is 0.660. The highest BCUT2D eigenvalue weighted by atomic mass is 16.3. The monoisotopic (exact) mass is 960 g/mol. The van der Waals surface area contributed by atoms with E-state index in [9.17, 15) is 0 Å². The number of benzene rings is 11. The molecule has 0 aliphatic heterocycles. The number of hydrogen-bond acceptors (Lipinski definition) is 2. The van der Waals surface area contributed by atoms with E-state index in [1.54, 1.807) is 0 Å². The van der Waals surface area contributed by atoms with Gasteiger partial charge in [-0.2, -0.15) is 0 Å². The average Bonchev–Trinajstić information content (AvgIpc) is 4.15. The van der Waals surface area contributed by atoms with Crippen molar-refractivity contribution in [1.82, 2.24) is 4.57 Å². The van der Waals surface area contributed by atoms with E-state index in [4.69, 9.17) is 4.42 Å². The number of rotatable bonds is 7. The van der Waals surface area contributed by atoms with Gasteiger partial charge in [0.15, 0.2) is 0 Å². The van der Waals surface area contributed by atoms with E-state index in [1.807, 2.05) is 0 Å². The van der Waals surface area contributed by atoms with Crippen LogP contribution in [0, 0.1) is 0 Å². The minimum atomic E-state index is -0.0777. The number of furan rings is 1. The summed E-state index contributed by atoms with van der Waals surface area (Å²) in [5.74, 6) is 0. The molecule has 0 atom stereocenters. The first-order valence-electron chi connectivity index (χ1n) is 26.2. The second-order valence-electron chi connectivity index (χ2n) is 21.6. The Balaban J connectivity index is 0.889. The Hall–Kier alpha value is -9.18. The van der Waals surface area contributed by atoms with Crippen molar-refractivity contribution in [2.75, 3.05) is 4.90 Å². The smallest absolute Gasteiger partial charge is 0.137 e. The second-order valence-corrected chi connectivity index (χ2v) is 21.6. The van der Waals surface area contributed by atoms with Crippen LogP contribution in [0.1, 0.15) is 49.9 Å². The average molecular weight is 961 g/mol. The summed E-state index contributed by atoms with van der Waals surface area (Å²) in [7, 11) is 0. The van der Waals surface area contributed by atoms with Crippen LogP contribution in [0.15, 0.2) is 247 Å². The third-order valence-electron chi connectivity index (χ3n) is 16.8. The van der Waals surface area contributed by atoms with E-state index in [0.29, 0.717) is 0 Å². The van der Waals surface area contributed by atoms with Crippen molar-refractivity contribution in [3.63, 3.8) is 0 Å². The first kappa shape index (κ1) is 43.4. The minimum absolute atomic E-state index is 0.0777. The summed E-state index contributed by atoms with van der Waals surface area (Å²) in [5, 5.41) is 4.61. The number of nitrogens with zero attached hydrogens (tertiary/aromatic N) is 2. The number of anilines is 3. The van der Waals surface area contributed by atoms with Crippen LogP contribution in [0.25, 0.3) is 105 Å². The molecule has 13 aromatic rings. The Labute approximate surface area is 437 Å². The zero-order chi connectivity index (χ0) is 50.2. The van der Waals surface area contributed by atoms with Gasteiger partial charge in [0.05, 0.1) is 22.1 Å². The molecule has 75 heavy (non-hydrogen) atoms. The molecule has 0 radical (unpaired) electrons. The molecule has 2 heterocycles. The molecule has 0 saturated heterocycles. The normalized spacial score (nSPS) is 13.8. The van der Waals surface area contributed by atoms with Gasteiger partial charge in [-0.1, -0.05) is 191 Å². The van der Waals surface area contributed by atoms with E-state index in [-0.39, 0.29) is 10.8 Å². The standard InChI is InChI=1S/C72H52N2O/c1-71(2)59-24-11-8-20-55(59)68-52(22-14-26-61(68)71)45-31-37-50(38-32-45)73(51-39-33-46(34-40-51)53-23-15-27-62-69(53)56-21-9-12-25-60(56)72(62,3)4)65-29-16-30-67-70(65)58-44-48(36-42-66(58)75-67)47-35-41-64-57(43-47)54-19-10-13-28-63(54)74(64)49-17-6-5-7-18-49/h5-44H,1-4H3. The van der Waals surface area contributed by atoms with Crippen LogP contribution in [-0.4, -0.2) is 4.57 Å². The topological polar surface area (TPSA) is 21.3 Å². The highest BCUT2D eigenvalue weighted by Gasteiger charge is 2.38. The Morgan fingerprint density at radius 1 is 0.347 bits per heavy atom. The van der Waals surface area contributed by atoms with Gasteiger partial charge in [-0.05, 0) is 157 Å². The fourth-order valence-corrected chi connectivity index (χ4v) is 13.2. The van der Waals surface area contributed by atoms with E-state index >= 15 is 0 Å². The summed E-state index contributed by atoms with van der Waals surface area (Å²) in [4.78, 5) is 2.42. The van der Waals surface area contributed by atoms with Gasteiger partial charge in [0.1, 0.15) is 11.2 Å². The second kappa shape index (κ2) is 16.2. The SMILES string of the molecule is CC1(C)c2ccccc2-c2c(-c3ccc(N(c4ccc(-c5cccc6c5-c5ccccc5C6(C)C)cc4)c4cccc5oc6ccc(-c7ccc8c(c7)c7ccccc7n8-c7ccccc7)cc6c45)cc3)cccc21. The van der Waals surface area contributed by atoms with Crippen LogP contribution < -0.4 is 4.90 Å². The van der Waals surface area contributed by atoms with Crippen LogP contribution in [0.4, 0.5) is 17.1 Å². The number of para-hydroxylation sites is 2. The molecule has 0 spiro atoms. The first-order chi connectivity index (χ1) is 36.7. The van der Waals surface area contributed by atoms with E-state index < -0.39 is 0 Å². The zero-order valence-corrected chi connectivity index (χ0v) is 42.4. The van der Waals surface area contributed by atoms with E-state index in [2.05, 4.69) is 280 Å². The fourth-order valence-electron chi connectivity index (χ4n) is 13.2. The number of aromatic nitrogens is 1. The van der Waals surface area contributed by atoms with Crippen molar-refractivity contribution < 1.29 is 4.42 Å². The molecule has 2 aromatic heterocycles. The summed E-state index contributed by atoms with van der Waals surface area (Å²) in [5.41, 5.74) is 26.3. The maximum absolute atomic E-state index is 6.79. The Morgan fingerprint density at radius 3 is 1.45 bits per heavy atom. The Bertz CT molecular complexity index is 4300. The Kier molecular flexibility index (Phi) is 9.35. The summed E-state index contributed by atoms with van der Waals surface area (Å²) >= 11 is 0. The van der Waals surface area contributed by atoms with Gasteiger partial charge in [0.2, 0.25) is 0 Å². The lowest BCUT2D eigenvalue weighted by Crippen LogP contribution is -2.14. The molecule has 0 unspecified atom stereocenters. The maximum Gasteiger partial charge on any atom is 0.137 e. The molecule has 11 aromatic carbocycles. The van der Waals surface area contributed by atoms with Gasteiger partial charge in [-0.15, -0.1) is 0 Å². The molecule has 3 heteroatoms. The third kappa shape index (κ3) is 6.41. The quantitative estimate of drug-likeness (QED) is 0.159. The molecule has 15 rings (SSSR count). The molecule has 356 valence electrons.